The molecule has 3 N–H and O–H groups in total. The van der Waals surface area contributed by atoms with Crippen molar-refractivity contribution in [1.29, 1.82) is 0 Å². The lowest BCUT2D eigenvalue weighted by Gasteiger charge is -2.17. The maximum absolute atomic E-state index is 13.3. The summed E-state index contributed by atoms with van der Waals surface area (Å²) in [6, 6.07) is 11.3. The van der Waals surface area contributed by atoms with Crippen molar-refractivity contribution in [2.24, 2.45) is 0 Å². The molecule has 122 valence electrons. The van der Waals surface area contributed by atoms with Gasteiger partial charge in [-0.05, 0) is 24.1 Å². The van der Waals surface area contributed by atoms with Crippen LogP contribution < -0.4 is 5.32 Å². The molecule has 0 radical (unpaired) electrons. The normalized spacial score (nSPS) is 12.0. The Kier molecular flexibility index (Phi) is 5.96. The van der Waals surface area contributed by atoms with Crippen molar-refractivity contribution < 1.29 is 19.4 Å². The van der Waals surface area contributed by atoms with Gasteiger partial charge >= 0.3 is 0 Å². The van der Waals surface area contributed by atoms with Crippen LogP contribution in [0.4, 0.5) is 4.39 Å². The molecule has 0 heterocycles. The minimum atomic E-state index is -0.701. The van der Waals surface area contributed by atoms with Crippen molar-refractivity contribution in [3.05, 3.63) is 64.4 Å². The maximum atomic E-state index is 13.3. The maximum Gasteiger partial charge on any atom is 0.255 e. The number of hydrogen-bond acceptors (Lipinski definition) is 3. The minimum Gasteiger partial charge on any atom is -0.506 e. The third-order valence-corrected chi connectivity index (χ3v) is 3.82. The molecule has 6 heteroatoms. The van der Waals surface area contributed by atoms with E-state index >= 15 is 0 Å². The largest absolute Gasteiger partial charge is 0.506 e. The van der Waals surface area contributed by atoms with Crippen molar-refractivity contribution in [1.82, 2.24) is 5.32 Å². The standard InChI is InChI=1S/C17H17ClFNO3/c18-15-9-13(19)8-14(16(15)22)17(23)20-10-12(6-7-21)11-4-2-1-3-5-11/h1-5,8-9,12,21-22H,6-7,10H2,(H,20,23). The van der Waals surface area contributed by atoms with E-state index in [1.807, 2.05) is 30.3 Å². The molecule has 0 fully saturated rings. The van der Waals surface area contributed by atoms with Gasteiger partial charge in [-0.25, -0.2) is 4.39 Å². The molecule has 2 aromatic rings. The molecule has 1 atom stereocenters. The quantitative estimate of drug-likeness (QED) is 0.758. The number of phenolic OH excluding ortho intramolecular Hbond substituents is 1. The summed E-state index contributed by atoms with van der Waals surface area (Å²) >= 11 is 5.67. The Balaban J connectivity index is 2.11. The Morgan fingerprint density at radius 3 is 2.61 bits per heavy atom. The molecule has 4 nitrogen and oxygen atoms in total. The Labute approximate surface area is 138 Å². The third-order valence-electron chi connectivity index (χ3n) is 3.53. The van der Waals surface area contributed by atoms with E-state index in [9.17, 15) is 19.4 Å². The molecule has 2 rings (SSSR count). The number of halogens is 2. The number of carbonyl (C=O) groups excluding carboxylic acids is 1. The molecule has 0 spiro atoms. The highest BCUT2D eigenvalue weighted by molar-refractivity contribution is 6.32. The summed E-state index contributed by atoms with van der Waals surface area (Å²) in [5.41, 5.74) is 0.758. The average Bonchev–Trinajstić information content (AvgIpc) is 2.55. The fourth-order valence-corrected chi connectivity index (χ4v) is 2.52. The van der Waals surface area contributed by atoms with E-state index in [0.29, 0.717) is 6.42 Å². The molecule has 0 aliphatic rings. The van der Waals surface area contributed by atoms with Gasteiger partial charge in [0, 0.05) is 19.1 Å². The van der Waals surface area contributed by atoms with Gasteiger partial charge in [-0.3, -0.25) is 4.79 Å². The van der Waals surface area contributed by atoms with Crippen LogP contribution in [0.3, 0.4) is 0 Å². The topological polar surface area (TPSA) is 69.6 Å². The lowest BCUT2D eigenvalue weighted by Crippen LogP contribution is -2.29. The first kappa shape index (κ1) is 17.2. The third kappa shape index (κ3) is 4.43. The first-order valence-corrected chi connectivity index (χ1v) is 7.52. The van der Waals surface area contributed by atoms with Gasteiger partial charge in [-0.15, -0.1) is 0 Å². The van der Waals surface area contributed by atoms with Crippen LogP contribution in [-0.2, 0) is 0 Å². The van der Waals surface area contributed by atoms with Crippen LogP contribution in [0.15, 0.2) is 42.5 Å². The van der Waals surface area contributed by atoms with Gasteiger partial charge in [0.1, 0.15) is 11.6 Å². The number of aromatic hydroxyl groups is 1. The van der Waals surface area contributed by atoms with Crippen LogP contribution in [0.2, 0.25) is 5.02 Å². The monoisotopic (exact) mass is 337 g/mol. The summed E-state index contributed by atoms with van der Waals surface area (Å²) in [6.07, 6.45) is 0.472. The fraction of sp³-hybridized carbons (Fsp3) is 0.235. The van der Waals surface area contributed by atoms with Gasteiger partial charge in [0.2, 0.25) is 0 Å². The molecule has 0 aromatic heterocycles. The van der Waals surface area contributed by atoms with E-state index in [4.69, 9.17) is 11.6 Å². The summed E-state index contributed by atoms with van der Waals surface area (Å²) in [5, 5.41) is 21.4. The van der Waals surface area contributed by atoms with E-state index in [1.165, 1.54) is 0 Å². The Bertz CT molecular complexity index is 679. The number of nitrogens with one attached hydrogen (secondary N) is 1. The van der Waals surface area contributed by atoms with Crippen LogP contribution in [-0.4, -0.2) is 29.3 Å². The lowest BCUT2D eigenvalue weighted by molar-refractivity contribution is 0.0946. The fourth-order valence-electron chi connectivity index (χ4n) is 2.32. The zero-order chi connectivity index (χ0) is 16.8. The first-order valence-electron chi connectivity index (χ1n) is 7.15. The number of hydrogen-bond donors (Lipinski definition) is 3. The average molecular weight is 338 g/mol. The predicted octanol–water partition coefficient (Wildman–Crippen LogP) is 3.08. The van der Waals surface area contributed by atoms with Crippen molar-refractivity contribution >= 4 is 17.5 Å². The number of aliphatic hydroxyl groups is 1. The number of rotatable bonds is 6. The smallest absolute Gasteiger partial charge is 0.255 e. The molecule has 2 aromatic carbocycles. The van der Waals surface area contributed by atoms with Crippen LogP contribution in [0.1, 0.15) is 28.3 Å². The van der Waals surface area contributed by atoms with Crippen LogP contribution in [0, 0.1) is 5.82 Å². The highest BCUT2D eigenvalue weighted by Crippen LogP contribution is 2.28. The van der Waals surface area contributed by atoms with Crippen LogP contribution in [0.5, 0.6) is 5.75 Å². The molecule has 0 aliphatic carbocycles. The van der Waals surface area contributed by atoms with Crippen molar-refractivity contribution in [3.8, 4) is 5.75 Å². The second kappa shape index (κ2) is 7.94. The van der Waals surface area contributed by atoms with Crippen LogP contribution >= 0.6 is 11.6 Å². The van der Waals surface area contributed by atoms with Crippen molar-refractivity contribution in [2.75, 3.05) is 13.2 Å². The summed E-state index contributed by atoms with van der Waals surface area (Å²) in [5.74, 6) is -1.86. The minimum absolute atomic E-state index is 0.0214. The molecule has 23 heavy (non-hydrogen) atoms. The van der Waals surface area contributed by atoms with E-state index < -0.39 is 17.5 Å². The van der Waals surface area contributed by atoms with E-state index in [0.717, 1.165) is 17.7 Å². The van der Waals surface area contributed by atoms with E-state index in [1.54, 1.807) is 0 Å². The van der Waals surface area contributed by atoms with Gasteiger partial charge in [-0.2, -0.15) is 0 Å². The zero-order valence-corrected chi connectivity index (χ0v) is 13.1. The molecular weight excluding hydrogens is 321 g/mol. The van der Waals surface area contributed by atoms with Gasteiger partial charge in [0.05, 0.1) is 10.6 Å². The van der Waals surface area contributed by atoms with Gasteiger partial charge in [0.15, 0.2) is 0 Å². The lowest BCUT2D eigenvalue weighted by atomic mass is 9.96. The number of carbonyl (C=O) groups is 1. The summed E-state index contributed by atoms with van der Waals surface area (Å²) in [4.78, 5) is 12.2. The summed E-state index contributed by atoms with van der Waals surface area (Å²) in [7, 11) is 0. The molecule has 0 aliphatic heterocycles. The SMILES string of the molecule is O=C(NCC(CCO)c1ccccc1)c1cc(F)cc(Cl)c1O. The van der Waals surface area contributed by atoms with Crippen LogP contribution in [0.25, 0.3) is 0 Å². The van der Waals surface area contributed by atoms with Crippen molar-refractivity contribution in [3.63, 3.8) is 0 Å². The highest BCUT2D eigenvalue weighted by Gasteiger charge is 2.18. The molecular formula is C17H17ClFNO3. The van der Waals surface area contributed by atoms with Crippen molar-refractivity contribution in [2.45, 2.75) is 12.3 Å². The first-order chi connectivity index (χ1) is 11.0. The highest BCUT2D eigenvalue weighted by atomic mass is 35.5. The number of aliphatic hydroxyl groups excluding tert-OH is 1. The second-order valence-corrected chi connectivity index (χ2v) is 5.52. The zero-order valence-electron chi connectivity index (χ0n) is 12.3. The molecule has 1 unspecified atom stereocenters. The van der Waals surface area contributed by atoms with E-state index in [-0.39, 0.29) is 29.7 Å². The van der Waals surface area contributed by atoms with E-state index in [2.05, 4.69) is 5.32 Å². The Morgan fingerprint density at radius 2 is 1.96 bits per heavy atom. The molecule has 0 saturated heterocycles. The van der Waals surface area contributed by atoms with Gasteiger partial charge in [0.25, 0.3) is 5.91 Å². The summed E-state index contributed by atoms with van der Waals surface area (Å²) in [6.45, 7) is 0.226. The molecule has 0 bridgehead atoms. The number of phenols is 1. The molecule has 1 amide bonds. The Hall–Kier alpha value is -2.11. The second-order valence-electron chi connectivity index (χ2n) is 5.11. The number of amides is 1. The van der Waals surface area contributed by atoms with Gasteiger partial charge < -0.3 is 15.5 Å². The molecule has 0 saturated carbocycles. The Morgan fingerprint density at radius 1 is 1.26 bits per heavy atom. The predicted molar refractivity (Wildman–Crippen MR) is 86.3 cm³/mol. The van der Waals surface area contributed by atoms with Gasteiger partial charge in [-0.1, -0.05) is 41.9 Å². The number of benzene rings is 2. The summed E-state index contributed by atoms with van der Waals surface area (Å²) < 4.78 is 13.3.